The van der Waals surface area contributed by atoms with Crippen LogP contribution in [0.5, 0.6) is 0 Å². The monoisotopic (exact) mass is 579 g/mol. The van der Waals surface area contributed by atoms with Gasteiger partial charge in [-0.25, -0.2) is 19.4 Å². The van der Waals surface area contributed by atoms with E-state index >= 15 is 0 Å². The highest BCUT2D eigenvalue weighted by atomic mass is 32.1. The van der Waals surface area contributed by atoms with Crippen LogP contribution in [0, 0.1) is 0 Å². The van der Waals surface area contributed by atoms with E-state index in [1.54, 1.807) is 91.0 Å². The fraction of sp³-hybridized carbons (Fsp3) is 0.152. The Kier molecular flexibility index (Phi) is 8.02. The minimum absolute atomic E-state index is 0.249. The van der Waals surface area contributed by atoms with Crippen molar-refractivity contribution in [2.45, 2.75) is 24.4 Å². The normalized spacial score (nSPS) is 19.7. The average Bonchev–Trinajstić information content (AvgIpc) is 3.62. The minimum atomic E-state index is -1.11. The third-order valence-corrected chi connectivity index (χ3v) is 7.86. The Labute approximate surface area is 245 Å². The summed E-state index contributed by atoms with van der Waals surface area (Å²) < 4.78 is 24.9. The van der Waals surface area contributed by atoms with Gasteiger partial charge in [-0.1, -0.05) is 66.7 Å². The summed E-state index contributed by atoms with van der Waals surface area (Å²) in [7, 11) is 0. The first-order valence-corrected chi connectivity index (χ1v) is 14.1. The molecular weight excluding hydrogens is 554 g/mol. The molecule has 9 heteroatoms. The summed E-state index contributed by atoms with van der Waals surface area (Å²) in [4.78, 5) is 44.1. The molecule has 210 valence electrons. The van der Waals surface area contributed by atoms with Crippen molar-refractivity contribution < 1.29 is 33.3 Å². The lowest BCUT2D eigenvalue weighted by Crippen LogP contribution is -2.40. The maximum atomic E-state index is 13.3. The number of carbonyl (C=O) groups excluding carboxylic acids is 3. The van der Waals surface area contributed by atoms with Crippen LogP contribution >= 0.6 is 11.3 Å². The first kappa shape index (κ1) is 27.3. The van der Waals surface area contributed by atoms with E-state index in [1.807, 2.05) is 24.3 Å². The van der Waals surface area contributed by atoms with Crippen LogP contribution in [0.15, 0.2) is 115 Å². The van der Waals surface area contributed by atoms with Crippen molar-refractivity contribution in [1.82, 2.24) is 4.98 Å². The van der Waals surface area contributed by atoms with Crippen molar-refractivity contribution in [3.05, 3.63) is 137 Å². The summed E-state index contributed by atoms with van der Waals surface area (Å²) >= 11 is 1.39. The highest BCUT2D eigenvalue weighted by Gasteiger charge is 2.52. The Morgan fingerprint density at radius 3 is 1.71 bits per heavy atom. The third-order valence-electron chi connectivity index (χ3n) is 6.76. The third kappa shape index (κ3) is 5.93. The molecule has 0 saturated carbocycles. The van der Waals surface area contributed by atoms with Crippen LogP contribution in [0.2, 0.25) is 0 Å². The molecule has 4 atom stereocenters. The second kappa shape index (κ2) is 12.3. The van der Waals surface area contributed by atoms with Crippen LogP contribution in [0.25, 0.3) is 10.2 Å². The topological polar surface area (TPSA) is 101 Å². The van der Waals surface area contributed by atoms with Gasteiger partial charge in [-0.05, 0) is 48.5 Å². The quantitative estimate of drug-likeness (QED) is 0.162. The summed E-state index contributed by atoms with van der Waals surface area (Å²) in [6.07, 6.45) is -4.02. The van der Waals surface area contributed by atoms with Crippen LogP contribution in [-0.2, 0) is 18.9 Å². The molecule has 0 N–H and O–H groups in total. The van der Waals surface area contributed by atoms with Crippen LogP contribution in [-0.4, -0.2) is 47.8 Å². The van der Waals surface area contributed by atoms with Crippen molar-refractivity contribution >= 4 is 39.5 Å². The van der Waals surface area contributed by atoms with E-state index in [1.165, 1.54) is 11.3 Å². The van der Waals surface area contributed by atoms with Gasteiger partial charge >= 0.3 is 17.9 Å². The first-order chi connectivity index (χ1) is 20.6. The predicted molar refractivity (Wildman–Crippen MR) is 155 cm³/mol. The van der Waals surface area contributed by atoms with Crippen molar-refractivity contribution in [2.24, 2.45) is 0 Å². The molecule has 0 radical (unpaired) electrons. The molecule has 0 amide bonds. The lowest BCUT2D eigenvalue weighted by Gasteiger charge is -2.24. The zero-order chi connectivity index (χ0) is 28.9. The zero-order valence-corrected chi connectivity index (χ0v) is 23.0. The van der Waals surface area contributed by atoms with Crippen molar-refractivity contribution in [2.75, 3.05) is 6.61 Å². The van der Waals surface area contributed by atoms with E-state index in [0.29, 0.717) is 21.7 Å². The fourth-order valence-corrected chi connectivity index (χ4v) is 5.73. The minimum Gasteiger partial charge on any atom is -0.459 e. The highest BCUT2D eigenvalue weighted by Crippen LogP contribution is 2.41. The lowest BCUT2D eigenvalue weighted by atomic mass is 10.1. The van der Waals surface area contributed by atoms with E-state index < -0.39 is 42.3 Å². The Balaban J connectivity index is 1.34. The SMILES string of the molecule is O=C(OC[C@H]1O[C@@H](c2nc3ccccc3s2)[C@H](OC(=O)c2ccccc2)[C@H]1OC(=O)c1ccccc1)c1ccccc1. The number of hydrogen-bond donors (Lipinski definition) is 0. The Morgan fingerprint density at radius 2 is 1.14 bits per heavy atom. The van der Waals surface area contributed by atoms with Gasteiger partial charge in [-0.3, -0.25) is 0 Å². The van der Waals surface area contributed by atoms with E-state index in [-0.39, 0.29) is 6.61 Å². The summed E-state index contributed by atoms with van der Waals surface area (Å²) in [5, 5.41) is 0.541. The van der Waals surface area contributed by atoms with E-state index in [2.05, 4.69) is 0 Å². The molecule has 2 heterocycles. The number of carbonyl (C=O) groups is 3. The number of benzene rings is 4. The number of ether oxygens (including phenoxy) is 4. The molecule has 1 aromatic heterocycles. The maximum absolute atomic E-state index is 13.3. The van der Waals surface area contributed by atoms with E-state index in [0.717, 1.165) is 10.2 Å². The molecule has 0 unspecified atom stereocenters. The van der Waals surface area contributed by atoms with Crippen LogP contribution in [0.4, 0.5) is 0 Å². The zero-order valence-electron chi connectivity index (χ0n) is 22.2. The molecule has 0 spiro atoms. The Bertz CT molecular complexity index is 1660. The second-order valence-corrected chi connectivity index (χ2v) is 10.6. The van der Waals surface area contributed by atoms with Crippen molar-refractivity contribution in [3.63, 3.8) is 0 Å². The lowest BCUT2D eigenvalue weighted by molar-refractivity contribution is -0.0450. The van der Waals surface area contributed by atoms with E-state index in [9.17, 15) is 14.4 Å². The number of fused-ring (bicyclic) bond motifs is 1. The fourth-order valence-electron chi connectivity index (χ4n) is 4.69. The number of rotatable bonds is 8. The van der Waals surface area contributed by atoms with Gasteiger partial charge in [0, 0.05) is 0 Å². The average molecular weight is 580 g/mol. The number of esters is 3. The van der Waals surface area contributed by atoms with Gasteiger partial charge in [-0.2, -0.15) is 0 Å². The van der Waals surface area contributed by atoms with Crippen LogP contribution < -0.4 is 0 Å². The van der Waals surface area contributed by atoms with Gasteiger partial charge in [0.25, 0.3) is 0 Å². The Hall–Kier alpha value is -4.86. The summed E-state index contributed by atoms with van der Waals surface area (Å²) in [6, 6.07) is 33.1. The van der Waals surface area contributed by atoms with Gasteiger partial charge < -0.3 is 18.9 Å². The highest BCUT2D eigenvalue weighted by molar-refractivity contribution is 7.18. The predicted octanol–water partition coefficient (Wildman–Crippen LogP) is 6.04. The number of thiazole rings is 1. The molecule has 0 aliphatic carbocycles. The first-order valence-electron chi connectivity index (χ1n) is 13.3. The smallest absolute Gasteiger partial charge is 0.338 e. The second-order valence-electron chi connectivity index (χ2n) is 9.55. The molecule has 1 aliphatic heterocycles. The molecule has 4 aromatic carbocycles. The standard InChI is InChI=1S/C33H25NO7S/c35-31(21-12-4-1-5-13-21)38-20-25-27(40-32(36)22-14-6-2-7-15-22)28(41-33(37)23-16-8-3-9-17-23)29(39-25)30-34-24-18-10-11-19-26(24)42-30/h1-19,25,27-29H,20H2/t25-,27+,28-,29-/m1/s1. The van der Waals surface area contributed by atoms with Gasteiger partial charge in [0.2, 0.25) is 0 Å². The Morgan fingerprint density at radius 1 is 0.643 bits per heavy atom. The van der Waals surface area contributed by atoms with Gasteiger partial charge in [0.1, 0.15) is 17.7 Å². The van der Waals surface area contributed by atoms with E-state index in [4.69, 9.17) is 23.9 Å². The molecule has 42 heavy (non-hydrogen) atoms. The molecular formula is C33H25NO7S. The van der Waals surface area contributed by atoms with Gasteiger partial charge in [0.05, 0.1) is 26.9 Å². The number of aromatic nitrogens is 1. The summed E-state index contributed by atoms with van der Waals surface area (Å²) in [6.45, 7) is -0.249. The number of nitrogens with zero attached hydrogens (tertiary/aromatic N) is 1. The largest absolute Gasteiger partial charge is 0.459 e. The molecule has 5 aromatic rings. The molecule has 0 bridgehead atoms. The van der Waals surface area contributed by atoms with Gasteiger partial charge in [0.15, 0.2) is 18.3 Å². The molecule has 6 rings (SSSR count). The molecule has 8 nitrogen and oxygen atoms in total. The molecule has 1 saturated heterocycles. The molecule has 1 aliphatic rings. The van der Waals surface area contributed by atoms with Crippen LogP contribution in [0.3, 0.4) is 0 Å². The van der Waals surface area contributed by atoms with Crippen LogP contribution in [0.1, 0.15) is 42.2 Å². The number of para-hydroxylation sites is 1. The maximum Gasteiger partial charge on any atom is 0.338 e. The molecule has 1 fully saturated rings. The summed E-state index contributed by atoms with van der Waals surface area (Å²) in [5.74, 6) is -1.80. The summed E-state index contributed by atoms with van der Waals surface area (Å²) in [5.41, 5.74) is 1.76. The number of hydrogen-bond acceptors (Lipinski definition) is 9. The van der Waals surface area contributed by atoms with Crippen molar-refractivity contribution in [1.29, 1.82) is 0 Å². The van der Waals surface area contributed by atoms with Crippen molar-refractivity contribution in [3.8, 4) is 0 Å². The van der Waals surface area contributed by atoms with Gasteiger partial charge in [-0.15, -0.1) is 11.3 Å².